The van der Waals surface area contributed by atoms with Crippen LogP contribution in [0.4, 0.5) is 10.2 Å². The molecule has 3 heterocycles. The zero-order valence-electron chi connectivity index (χ0n) is 12.7. The number of carbonyl (C=O) groups is 1. The van der Waals surface area contributed by atoms with Crippen LogP contribution in [0, 0.1) is 5.82 Å². The fraction of sp³-hybridized carbons (Fsp3) is 0.400. The van der Waals surface area contributed by atoms with Gasteiger partial charge in [-0.1, -0.05) is 11.6 Å². The number of halogens is 2. The van der Waals surface area contributed by atoms with Crippen LogP contribution in [0.15, 0.2) is 24.8 Å². The SMILES string of the molecule is Cn1cncc1C(=O)NC1CCN(c2ncc(Cl)cc2F)CC1. The van der Waals surface area contributed by atoms with E-state index in [9.17, 15) is 9.18 Å². The summed E-state index contributed by atoms with van der Waals surface area (Å²) < 4.78 is 15.6. The van der Waals surface area contributed by atoms with Gasteiger partial charge in [0.05, 0.1) is 17.5 Å². The Balaban J connectivity index is 1.58. The van der Waals surface area contributed by atoms with E-state index in [4.69, 9.17) is 11.6 Å². The van der Waals surface area contributed by atoms with Crippen molar-refractivity contribution in [2.45, 2.75) is 18.9 Å². The first kappa shape index (κ1) is 15.7. The maximum atomic E-state index is 13.9. The lowest BCUT2D eigenvalue weighted by Gasteiger charge is -2.33. The molecule has 0 aliphatic carbocycles. The van der Waals surface area contributed by atoms with Crippen LogP contribution in [0.2, 0.25) is 5.02 Å². The van der Waals surface area contributed by atoms with Crippen molar-refractivity contribution in [2.24, 2.45) is 7.05 Å². The lowest BCUT2D eigenvalue weighted by molar-refractivity contribution is 0.0922. The zero-order chi connectivity index (χ0) is 16.4. The first-order chi connectivity index (χ1) is 11.0. The van der Waals surface area contributed by atoms with E-state index in [0.717, 1.165) is 12.8 Å². The number of carbonyl (C=O) groups excluding carboxylic acids is 1. The Morgan fingerprint density at radius 3 is 2.74 bits per heavy atom. The number of aromatic nitrogens is 3. The van der Waals surface area contributed by atoms with Crippen molar-refractivity contribution in [2.75, 3.05) is 18.0 Å². The van der Waals surface area contributed by atoms with Crippen LogP contribution < -0.4 is 10.2 Å². The highest BCUT2D eigenvalue weighted by atomic mass is 35.5. The first-order valence-corrected chi connectivity index (χ1v) is 7.75. The molecule has 2 aromatic heterocycles. The Bertz CT molecular complexity index is 712. The number of nitrogens with one attached hydrogen (secondary N) is 1. The lowest BCUT2D eigenvalue weighted by atomic mass is 10.0. The molecule has 1 aliphatic heterocycles. The number of hydrogen-bond acceptors (Lipinski definition) is 4. The first-order valence-electron chi connectivity index (χ1n) is 7.38. The van der Waals surface area contributed by atoms with E-state index in [1.807, 2.05) is 4.90 Å². The largest absolute Gasteiger partial charge is 0.354 e. The van der Waals surface area contributed by atoms with Crippen LogP contribution in [0.5, 0.6) is 0 Å². The van der Waals surface area contributed by atoms with E-state index in [-0.39, 0.29) is 17.0 Å². The minimum atomic E-state index is -0.421. The maximum Gasteiger partial charge on any atom is 0.269 e. The number of pyridine rings is 1. The molecule has 0 unspecified atom stereocenters. The lowest BCUT2D eigenvalue weighted by Crippen LogP contribution is -2.45. The Morgan fingerprint density at radius 2 is 2.13 bits per heavy atom. The monoisotopic (exact) mass is 337 g/mol. The standard InChI is InChI=1S/C15H17ClFN5O/c1-21-9-18-8-13(21)15(23)20-11-2-4-22(5-3-11)14-12(17)6-10(16)7-19-14/h6-9,11H,2-5H2,1H3,(H,20,23). The molecule has 6 nitrogen and oxygen atoms in total. The summed E-state index contributed by atoms with van der Waals surface area (Å²) in [5.41, 5.74) is 0.526. The molecule has 23 heavy (non-hydrogen) atoms. The maximum absolute atomic E-state index is 13.9. The molecule has 1 fully saturated rings. The number of rotatable bonds is 3. The van der Waals surface area contributed by atoms with Crippen LogP contribution >= 0.6 is 11.6 Å². The van der Waals surface area contributed by atoms with Gasteiger partial charge in [0.25, 0.3) is 5.91 Å². The van der Waals surface area contributed by atoms with Crippen molar-refractivity contribution in [3.05, 3.63) is 41.3 Å². The third kappa shape index (κ3) is 3.44. The van der Waals surface area contributed by atoms with Crippen molar-refractivity contribution in [3.8, 4) is 0 Å². The second-order valence-corrected chi connectivity index (χ2v) is 6.02. The van der Waals surface area contributed by atoms with Gasteiger partial charge in [-0.05, 0) is 18.9 Å². The van der Waals surface area contributed by atoms with Gasteiger partial charge in [0.1, 0.15) is 5.69 Å². The van der Waals surface area contributed by atoms with E-state index in [1.165, 1.54) is 18.5 Å². The normalized spacial score (nSPS) is 15.7. The van der Waals surface area contributed by atoms with Crippen LogP contribution in [-0.2, 0) is 7.05 Å². The quantitative estimate of drug-likeness (QED) is 0.930. The van der Waals surface area contributed by atoms with E-state index in [2.05, 4.69) is 15.3 Å². The van der Waals surface area contributed by atoms with Crippen molar-refractivity contribution < 1.29 is 9.18 Å². The molecule has 0 radical (unpaired) electrons. The molecule has 0 aromatic carbocycles. The summed E-state index contributed by atoms with van der Waals surface area (Å²) in [6.45, 7) is 1.25. The van der Waals surface area contributed by atoms with Crippen LogP contribution in [-0.4, -0.2) is 39.6 Å². The molecule has 122 valence electrons. The molecule has 8 heteroatoms. The molecule has 3 rings (SSSR count). The van der Waals surface area contributed by atoms with Crippen LogP contribution in [0.1, 0.15) is 23.3 Å². The molecule has 0 spiro atoms. The van der Waals surface area contributed by atoms with Gasteiger partial charge in [0.2, 0.25) is 0 Å². The molecule has 1 saturated heterocycles. The topological polar surface area (TPSA) is 63.1 Å². The Hall–Kier alpha value is -2.15. The molecular formula is C15H17ClFN5O. The molecule has 0 saturated carbocycles. The van der Waals surface area contributed by atoms with E-state index in [1.54, 1.807) is 17.9 Å². The third-order valence-corrected chi connectivity index (χ3v) is 4.17. The van der Waals surface area contributed by atoms with Gasteiger partial charge in [0, 0.05) is 32.4 Å². The number of amides is 1. The average molecular weight is 338 g/mol. The van der Waals surface area contributed by atoms with E-state index in [0.29, 0.717) is 24.6 Å². The van der Waals surface area contributed by atoms with Gasteiger partial charge in [-0.15, -0.1) is 0 Å². The van der Waals surface area contributed by atoms with E-state index < -0.39 is 5.82 Å². The van der Waals surface area contributed by atoms with Crippen molar-refractivity contribution >= 4 is 23.3 Å². The zero-order valence-corrected chi connectivity index (χ0v) is 13.4. The molecular weight excluding hydrogens is 321 g/mol. The minimum absolute atomic E-state index is 0.0593. The molecule has 2 aromatic rings. The Labute approximate surface area is 138 Å². The van der Waals surface area contributed by atoms with Crippen molar-refractivity contribution in [1.82, 2.24) is 19.9 Å². The summed E-state index contributed by atoms with van der Waals surface area (Å²) in [4.78, 5) is 22.0. The average Bonchev–Trinajstić information content (AvgIpc) is 2.95. The van der Waals surface area contributed by atoms with Crippen molar-refractivity contribution in [3.63, 3.8) is 0 Å². The smallest absolute Gasteiger partial charge is 0.269 e. The van der Waals surface area contributed by atoms with Gasteiger partial charge in [-0.2, -0.15) is 0 Å². The van der Waals surface area contributed by atoms with Crippen LogP contribution in [0.3, 0.4) is 0 Å². The molecule has 1 amide bonds. The highest BCUT2D eigenvalue weighted by Crippen LogP contribution is 2.23. The minimum Gasteiger partial charge on any atom is -0.354 e. The van der Waals surface area contributed by atoms with Gasteiger partial charge in [-0.3, -0.25) is 4.79 Å². The molecule has 0 atom stereocenters. The number of hydrogen-bond donors (Lipinski definition) is 1. The number of aryl methyl sites for hydroxylation is 1. The number of piperidine rings is 1. The molecule has 1 aliphatic rings. The number of anilines is 1. The van der Waals surface area contributed by atoms with Crippen LogP contribution in [0.25, 0.3) is 0 Å². The summed E-state index contributed by atoms with van der Waals surface area (Å²) in [5.74, 6) is -0.250. The molecule has 1 N–H and O–H groups in total. The summed E-state index contributed by atoms with van der Waals surface area (Å²) >= 11 is 5.72. The van der Waals surface area contributed by atoms with Gasteiger partial charge in [-0.25, -0.2) is 14.4 Å². The third-order valence-electron chi connectivity index (χ3n) is 3.97. The molecule has 0 bridgehead atoms. The predicted octanol–water partition coefficient (Wildman–Crippen LogP) is 2.01. The summed E-state index contributed by atoms with van der Waals surface area (Å²) in [5, 5.41) is 3.28. The summed E-state index contributed by atoms with van der Waals surface area (Å²) in [6, 6.07) is 1.32. The van der Waals surface area contributed by atoms with Gasteiger partial charge >= 0.3 is 0 Å². The number of nitrogens with zero attached hydrogens (tertiary/aromatic N) is 4. The van der Waals surface area contributed by atoms with Gasteiger partial charge < -0.3 is 14.8 Å². The number of imidazole rings is 1. The highest BCUT2D eigenvalue weighted by molar-refractivity contribution is 6.30. The fourth-order valence-electron chi connectivity index (χ4n) is 2.71. The summed E-state index contributed by atoms with van der Waals surface area (Å²) in [7, 11) is 1.78. The second-order valence-electron chi connectivity index (χ2n) is 5.58. The Kier molecular flexibility index (Phi) is 4.47. The predicted molar refractivity (Wildman–Crippen MR) is 85.1 cm³/mol. The van der Waals surface area contributed by atoms with E-state index >= 15 is 0 Å². The van der Waals surface area contributed by atoms with Crippen molar-refractivity contribution in [1.29, 1.82) is 0 Å². The van der Waals surface area contributed by atoms with Gasteiger partial charge in [0.15, 0.2) is 11.6 Å². The highest BCUT2D eigenvalue weighted by Gasteiger charge is 2.24. The second kappa shape index (κ2) is 6.54. The summed E-state index contributed by atoms with van der Waals surface area (Å²) in [6.07, 6.45) is 6.03. The fourth-order valence-corrected chi connectivity index (χ4v) is 2.86. The Morgan fingerprint density at radius 1 is 1.39 bits per heavy atom.